The number of hydrogen-bond acceptors (Lipinski definition) is 2. The van der Waals surface area contributed by atoms with Crippen molar-refractivity contribution in [3.05, 3.63) is 34.0 Å². The lowest BCUT2D eigenvalue weighted by Gasteiger charge is -2.16. The van der Waals surface area contributed by atoms with Crippen molar-refractivity contribution in [1.82, 2.24) is 4.57 Å². The van der Waals surface area contributed by atoms with Crippen LogP contribution in [0.2, 0.25) is 5.02 Å². The first-order chi connectivity index (χ1) is 10.9. The summed E-state index contributed by atoms with van der Waals surface area (Å²) >= 11 is 6.27. The van der Waals surface area contributed by atoms with Gasteiger partial charge in [0.2, 0.25) is 0 Å². The molecule has 0 saturated carbocycles. The third-order valence-electron chi connectivity index (χ3n) is 4.17. The Morgan fingerprint density at radius 1 is 1.30 bits per heavy atom. The Kier molecular flexibility index (Phi) is 3.85. The van der Waals surface area contributed by atoms with Gasteiger partial charge in [-0.3, -0.25) is 9.59 Å². The minimum atomic E-state index is -0.518. The second-order valence-corrected chi connectivity index (χ2v) is 6.10. The Morgan fingerprint density at radius 3 is 2.74 bits per heavy atom. The van der Waals surface area contributed by atoms with E-state index in [0.29, 0.717) is 29.2 Å². The quantitative estimate of drug-likeness (QED) is 0.618. The number of aromatic nitrogens is 1. The molecule has 1 aromatic heterocycles. The summed E-state index contributed by atoms with van der Waals surface area (Å²) in [7, 11) is 0. The van der Waals surface area contributed by atoms with E-state index in [1.54, 1.807) is 12.1 Å². The van der Waals surface area contributed by atoms with Gasteiger partial charge in [0, 0.05) is 28.9 Å². The minimum absolute atomic E-state index is 0.0387. The summed E-state index contributed by atoms with van der Waals surface area (Å²) in [5.74, 6) is -0.766. The highest BCUT2D eigenvalue weighted by molar-refractivity contribution is 6.33. The SMILES string of the molecule is Cc1c(Cl)cc2c3c1cc(C(=O)N=C(N)N)n3CCCCC2=O. The van der Waals surface area contributed by atoms with Crippen LogP contribution in [0.4, 0.5) is 0 Å². The molecule has 0 atom stereocenters. The maximum atomic E-state index is 12.4. The van der Waals surface area contributed by atoms with Crippen LogP contribution in [0.15, 0.2) is 17.1 Å². The maximum absolute atomic E-state index is 12.4. The first kappa shape index (κ1) is 15.6. The zero-order valence-corrected chi connectivity index (χ0v) is 13.5. The monoisotopic (exact) mass is 332 g/mol. The van der Waals surface area contributed by atoms with Crippen molar-refractivity contribution in [1.29, 1.82) is 0 Å². The normalized spacial score (nSPS) is 14.4. The highest BCUT2D eigenvalue weighted by Gasteiger charge is 2.24. The van der Waals surface area contributed by atoms with E-state index in [1.165, 1.54) is 0 Å². The minimum Gasteiger partial charge on any atom is -0.370 e. The van der Waals surface area contributed by atoms with E-state index < -0.39 is 5.91 Å². The average molecular weight is 333 g/mol. The van der Waals surface area contributed by atoms with Crippen LogP contribution in [0.25, 0.3) is 10.9 Å². The lowest BCUT2D eigenvalue weighted by molar-refractivity contribution is 0.0969. The van der Waals surface area contributed by atoms with Crippen LogP contribution in [0, 0.1) is 6.92 Å². The van der Waals surface area contributed by atoms with Crippen LogP contribution in [0.1, 0.15) is 45.7 Å². The van der Waals surface area contributed by atoms with Gasteiger partial charge in [-0.2, -0.15) is 4.99 Å². The number of aryl methyl sites for hydroxylation is 2. The van der Waals surface area contributed by atoms with Crippen LogP contribution in [-0.2, 0) is 6.54 Å². The molecule has 0 radical (unpaired) electrons. The molecule has 3 rings (SSSR count). The Morgan fingerprint density at radius 2 is 2.04 bits per heavy atom. The molecule has 6 nitrogen and oxygen atoms in total. The van der Waals surface area contributed by atoms with Gasteiger partial charge in [0.15, 0.2) is 11.7 Å². The number of nitrogens with two attached hydrogens (primary N) is 2. The highest BCUT2D eigenvalue weighted by Crippen LogP contribution is 2.34. The molecule has 2 heterocycles. The molecule has 1 aliphatic rings. The molecule has 0 unspecified atom stereocenters. The second kappa shape index (κ2) is 5.70. The second-order valence-electron chi connectivity index (χ2n) is 5.70. The van der Waals surface area contributed by atoms with Crippen molar-refractivity contribution in [2.45, 2.75) is 32.7 Å². The molecule has 120 valence electrons. The zero-order chi connectivity index (χ0) is 16.7. The number of carbonyl (C=O) groups is 2. The van der Waals surface area contributed by atoms with Gasteiger partial charge in [-0.25, -0.2) is 0 Å². The van der Waals surface area contributed by atoms with E-state index in [-0.39, 0.29) is 11.7 Å². The summed E-state index contributed by atoms with van der Waals surface area (Å²) < 4.78 is 1.83. The Hall–Kier alpha value is -2.34. The van der Waals surface area contributed by atoms with Crippen molar-refractivity contribution in [3.8, 4) is 0 Å². The molecular weight excluding hydrogens is 316 g/mol. The Balaban J connectivity index is 2.37. The third kappa shape index (κ3) is 2.59. The number of halogens is 1. The van der Waals surface area contributed by atoms with Gasteiger partial charge in [0.25, 0.3) is 5.91 Å². The molecule has 7 heteroatoms. The molecule has 2 aromatic rings. The van der Waals surface area contributed by atoms with E-state index in [9.17, 15) is 9.59 Å². The highest BCUT2D eigenvalue weighted by atomic mass is 35.5. The number of hydrogen-bond donors (Lipinski definition) is 2. The van der Waals surface area contributed by atoms with E-state index in [0.717, 1.165) is 29.3 Å². The molecule has 0 spiro atoms. The van der Waals surface area contributed by atoms with E-state index >= 15 is 0 Å². The summed E-state index contributed by atoms with van der Waals surface area (Å²) in [5, 5.41) is 1.30. The van der Waals surface area contributed by atoms with Crippen molar-refractivity contribution < 1.29 is 9.59 Å². The standard InChI is InChI=1S/C16H17ClN4O2/c1-8-9-7-12(15(23)20-16(18)19)21-5-3-2-4-13(22)10(14(9)21)6-11(8)17/h6-7H,2-5H2,1H3,(H4,18,19,20,23). The average Bonchev–Trinajstić information content (AvgIpc) is 2.84. The number of Topliss-reactive ketones (excluding diaryl/α,β-unsaturated/α-hetero) is 1. The summed E-state index contributed by atoms with van der Waals surface area (Å²) in [6.45, 7) is 2.50. The van der Waals surface area contributed by atoms with Gasteiger partial charge in [-0.15, -0.1) is 0 Å². The number of benzene rings is 1. The van der Waals surface area contributed by atoms with Crippen LogP contribution in [-0.4, -0.2) is 22.2 Å². The molecule has 23 heavy (non-hydrogen) atoms. The third-order valence-corrected chi connectivity index (χ3v) is 4.56. The first-order valence-electron chi connectivity index (χ1n) is 7.39. The molecule has 0 saturated heterocycles. The topological polar surface area (TPSA) is 103 Å². The molecule has 1 aromatic carbocycles. The van der Waals surface area contributed by atoms with E-state index in [2.05, 4.69) is 4.99 Å². The predicted molar refractivity (Wildman–Crippen MR) is 90.0 cm³/mol. The predicted octanol–water partition coefficient (Wildman–Crippen LogP) is 2.38. The number of rotatable bonds is 1. The number of guanidine groups is 1. The Bertz CT molecular complexity index is 863. The van der Waals surface area contributed by atoms with Crippen LogP contribution < -0.4 is 11.5 Å². The summed E-state index contributed by atoms with van der Waals surface area (Å²) in [5.41, 5.74) is 13.1. The van der Waals surface area contributed by atoms with Crippen molar-refractivity contribution in [2.24, 2.45) is 16.5 Å². The fourth-order valence-electron chi connectivity index (χ4n) is 3.04. The Labute approximate surface area is 138 Å². The smallest absolute Gasteiger partial charge is 0.296 e. The van der Waals surface area contributed by atoms with Gasteiger partial charge in [0.05, 0.1) is 5.52 Å². The van der Waals surface area contributed by atoms with Crippen molar-refractivity contribution in [3.63, 3.8) is 0 Å². The number of ketones is 1. The van der Waals surface area contributed by atoms with E-state index in [1.807, 2.05) is 11.5 Å². The largest absolute Gasteiger partial charge is 0.370 e. The van der Waals surface area contributed by atoms with Crippen LogP contribution >= 0.6 is 11.6 Å². The maximum Gasteiger partial charge on any atom is 0.296 e. The molecule has 1 amide bonds. The number of nitrogens with zero attached hydrogens (tertiary/aromatic N) is 2. The zero-order valence-electron chi connectivity index (χ0n) is 12.7. The van der Waals surface area contributed by atoms with Crippen molar-refractivity contribution >= 4 is 40.2 Å². The molecule has 1 aliphatic heterocycles. The van der Waals surface area contributed by atoms with Crippen LogP contribution in [0.5, 0.6) is 0 Å². The summed E-state index contributed by atoms with van der Waals surface area (Å²) in [6.07, 6.45) is 2.05. The molecule has 0 bridgehead atoms. The van der Waals surface area contributed by atoms with Gasteiger partial charge < -0.3 is 16.0 Å². The fraction of sp³-hybridized carbons (Fsp3) is 0.312. The van der Waals surface area contributed by atoms with Crippen LogP contribution in [0.3, 0.4) is 0 Å². The number of carbonyl (C=O) groups excluding carboxylic acids is 2. The van der Waals surface area contributed by atoms with E-state index in [4.69, 9.17) is 23.1 Å². The molecule has 4 N–H and O–H groups in total. The summed E-state index contributed by atoms with van der Waals surface area (Å²) in [4.78, 5) is 28.4. The molecule has 0 aliphatic carbocycles. The van der Waals surface area contributed by atoms with Gasteiger partial charge in [-0.05, 0) is 37.5 Å². The first-order valence-corrected chi connectivity index (χ1v) is 7.77. The van der Waals surface area contributed by atoms with Gasteiger partial charge in [0.1, 0.15) is 5.69 Å². The van der Waals surface area contributed by atoms with Gasteiger partial charge >= 0.3 is 0 Å². The number of amides is 1. The fourth-order valence-corrected chi connectivity index (χ4v) is 3.25. The number of aliphatic imine (C=N–C) groups is 1. The lowest BCUT2D eigenvalue weighted by atomic mass is 9.99. The van der Waals surface area contributed by atoms with Gasteiger partial charge in [-0.1, -0.05) is 11.6 Å². The lowest BCUT2D eigenvalue weighted by Crippen LogP contribution is -2.25. The molecular formula is C16H17ClN4O2. The molecule has 0 fully saturated rings. The van der Waals surface area contributed by atoms with Crippen molar-refractivity contribution in [2.75, 3.05) is 0 Å². The summed E-state index contributed by atoms with van der Waals surface area (Å²) in [6, 6.07) is 3.41.